The summed E-state index contributed by atoms with van der Waals surface area (Å²) >= 11 is 1.81. The van der Waals surface area contributed by atoms with E-state index in [-0.39, 0.29) is 5.41 Å². The van der Waals surface area contributed by atoms with Crippen molar-refractivity contribution in [1.29, 1.82) is 0 Å². The lowest BCUT2D eigenvalue weighted by atomic mass is 9.80. The van der Waals surface area contributed by atoms with Crippen LogP contribution in [0.3, 0.4) is 0 Å². The fraction of sp³-hybridized carbons (Fsp3) is 0.300. The van der Waals surface area contributed by atoms with Crippen LogP contribution in [0.4, 0.5) is 0 Å². The van der Waals surface area contributed by atoms with Gasteiger partial charge in [0.25, 0.3) is 0 Å². The maximum absolute atomic E-state index is 4.28. The Bertz CT molecular complexity index is 427. The number of aliphatic imine (C=N–C) groups is 1. The summed E-state index contributed by atoms with van der Waals surface area (Å²) in [6.45, 7) is 0. The lowest BCUT2D eigenvalue weighted by Crippen LogP contribution is -2.25. The van der Waals surface area contributed by atoms with Gasteiger partial charge < -0.3 is 0 Å². The fourth-order valence-electron chi connectivity index (χ4n) is 1.89. The second kappa shape index (κ2) is 2.92. The minimum atomic E-state index is 0.114. The summed E-state index contributed by atoms with van der Waals surface area (Å²) in [6, 6.07) is 0. The minimum absolute atomic E-state index is 0.114. The van der Waals surface area contributed by atoms with E-state index in [1.165, 1.54) is 5.56 Å². The summed E-state index contributed by atoms with van der Waals surface area (Å²) in [4.78, 5) is 12.5. The first-order chi connectivity index (χ1) is 6.91. The van der Waals surface area contributed by atoms with Crippen molar-refractivity contribution < 1.29 is 0 Å². The SMILES string of the molecule is C1=CC2(CC=N1)CSc1ncncc12. The molecule has 0 amide bonds. The largest absolute Gasteiger partial charge is 0.269 e. The first kappa shape index (κ1) is 8.17. The number of aromatic nitrogens is 2. The van der Waals surface area contributed by atoms with Crippen LogP contribution in [0, 0.1) is 0 Å². The van der Waals surface area contributed by atoms with E-state index in [2.05, 4.69) is 21.0 Å². The molecular formula is C10H9N3S. The summed E-state index contributed by atoms with van der Waals surface area (Å²) < 4.78 is 0. The van der Waals surface area contributed by atoms with E-state index in [1.54, 1.807) is 6.33 Å². The van der Waals surface area contributed by atoms with Gasteiger partial charge in [0.2, 0.25) is 0 Å². The summed E-state index contributed by atoms with van der Waals surface area (Å²) in [7, 11) is 0. The lowest BCUT2D eigenvalue weighted by Gasteiger charge is -2.24. The van der Waals surface area contributed by atoms with Gasteiger partial charge in [-0.1, -0.05) is 6.08 Å². The molecule has 0 saturated heterocycles. The molecule has 0 aliphatic carbocycles. The Morgan fingerprint density at radius 2 is 2.43 bits per heavy atom. The Morgan fingerprint density at radius 1 is 1.43 bits per heavy atom. The van der Waals surface area contributed by atoms with Gasteiger partial charge in [-0.05, 0) is 6.42 Å². The second-order valence-electron chi connectivity index (χ2n) is 3.54. The molecule has 0 saturated carbocycles. The third kappa shape index (κ3) is 1.04. The molecule has 2 aliphatic rings. The van der Waals surface area contributed by atoms with Crippen molar-refractivity contribution in [2.45, 2.75) is 16.9 Å². The van der Waals surface area contributed by atoms with Crippen molar-refractivity contribution in [3.63, 3.8) is 0 Å². The highest BCUT2D eigenvalue weighted by Gasteiger charge is 2.38. The number of nitrogens with zero attached hydrogens (tertiary/aromatic N) is 3. The van der Waals surface area contributed by atoms with E-state index in [9.17, 15) is 0 Å². The average molecular weight is 203 g/mol. The summed E-state index contributed by atoms with van der Waals surface area (Å²) in [5.41, 5.74) is 1.37. The van der Waals surface area contributed by atoms with Crippen LogP contribution in [0.25, 0.3) is 0 Å². The molecule has 0 radical (unpaired) electrons. The van der Waals surface area contributed by atoms with E-state index in [1.807, 2.05) is 30.4 Å². The quantitative estimate of drug-likeness (QED) is 0.603. The second-order valence-corrected chi connectivity index (χ2v) is 4.50. The average Bonchev–Trinajstić information content (AvgIpc) is 2.60. The summed E-state index contributed by atoms with van der Waals surface area (Å²) in [5, 5.41) is 1.12. The van der Waals surface area contributed by atoms with Gasteiger partial charge in [-0.3, -0.25) is 4.99 Å². The summed E-state index contributed by atoms with van der Waals surface area (Å²) in [6.07, 6.45) is 10.6. The Hall–Kier alpha value is -1.16. The molecule has 70 valence electrons. The number of rotatable bonds is 0. The topological polar surface area (TPSA) is 38.1 Å². The number of hydrogen-bond acceptors (Lipinski definition) is 4. The van der Waals surface area contributed by atoms with Gasteiger partial charge in [0.05, 0.1) is 0 Å². The van der Waals surface area contributed by atoms with Crippen molar-refractivity contribution in [3.05, 3.63) is 30.4 Å². The normalized spacial score (nSPS) is 28.3. The molecule has 3 heterocycles. The molecule has 1 aromatic heterocycles. The first-order valence-corrected chi connectivity index (χ1v) is 5.52. The van der Waals surface area contributed by atoms with Crippen molar-refractivity contribution >= 4 is 18.0 Å². The van der Waals surface area contributed by atoms with Gasteiger partial charge in [-0.15, -0.1) is 11.8 Å². The molecule has 4 heteroatoms. The first-order valence-electron chi connectivity index (χ1n) is 4.53. The number of thioether (sulfide) groups is 1. The molecular weight excluding hydrogens is 194 g/mol. The van der Waals surface area contributed by atoms with E-state index in [4.69, 9.17) is 0 Å². The van der Waals surface area contributed by atoms with Crippen LogP contribution < -0.4 is 0 Å². The van der Waals surface area contributed by atoms with Crippen LogP contribution in [0.2, 0.25) is 0 Å². The van der Waals surface area contributed by atoms with Gasteiger partial charge in [0.15, 0.2) is 0 Å². The van der Waals surface area contributed by atoms with Crippen LogP contribution in [-0.2, 0) is 5.41 Å². The molecule has 1 spiro atoms. The van der Waals surface area contributed by atoms with Crippen LogP contribution >= 0.6 is 11.8 Å². The third-order valence-electron chi connectivity index (χ3n) is 2.72. The van der Waals surface area contributed by atoms with Gasteiger partial charge in [-0.2, -0.15) is 0 Å². The zero-order chi connectivity index (χ0) is 9.43. The molecule has 14 heavy (non-hydrogen) atoms. The van der Waals surface area contributed by atoms with Crippen LogP contribution in [0.5, 0.6) is 0 Å². The van der Waals surface area contributed by atoms with Gasteiger partial charge in [-0.25, -0.2) is 9.97 Å². The standard InChI is InChI=1S/C10H9N3S/c1-3-11-4-2-10(1)6-14-9-8(10)5-12-7-13-9/h1,3-5,7H,2,6H2. The molecule has 0 fully saturated rings. The molecule has 3 rings (SSSR count). The maximum atomic E-state index is 4.28. The third-order valence-corrected chi connectivity index (χ3v) is 3.98. The lowest BCUT2D eigenvalue weighted by molar-refractivity contribution is 0.625. The molecule has 1 unspecified atom stereocenters. The number of allylic oxidation sites excluding steroid dienone is 1. The predicted octanol–water partition coefficient (Wildman–Crippen LogP) is 1.81. The molecule has 0 bridgehead atoms. The molecule has 2 aliphatic heterocycles. The Kier molecular flexibility index (Phi) is 1.70. The Morgan fingerprint density at radius 3 is 3.29 bits per heavy atom. The van der Waals surface area contributed by atoms with E-state index in [0.717, 1.165) is 17.2 Å². The van der Waals surface area contributed by atoms with E-state index < -0.39 is 0 Å². The monoisotopic (exact) mass is 203 g/mol. The molecule has 3 nitrogen and oxygen atoms in total. The van der Waals surface area contributed by atoms with E-state index >= 15 is 0 Å². The zero-order valence-corrected chi connectivity index (χ0v) is 8.37. The highest BCUT2D eigenvalue weighted by molar-refractivity contribution is 7.99. The van der Waals surface area contributed by atoms with Gasteiger partial charge in [0, 0.05) is 35.3 Å². The highest BCUT2D eigenvalue weighted by Crippen LogP contribution is 2.45. The molecule has 0 N–H and O–H groups in total. The number of fused-ring (bicyclic) bond motifs is 2. The van der Waals surface area contributed by atoms with Crippen LogP contribution in [-0.4, -0.2) is 21.9 Å². The minimum Gasteiger partial charge on any atom is -0.269 e. The van der Waals surface area contributed by atoms with Crippen molar-refractivity contribution in [1.82, 2.24) is 9.97 Å². The van der Waals surface area contributed by atoms with E-state index in [0.29, 0.717) is 0 Å². The van der Waals surface area contributed by atoms with Crippen LogP contribution in [0.1, 0.15) is 12.0 Å². The predicted molar refractivity (Wildman–Crippen MR) is 56.7 cm³/mol. The molecule has 1 atom stereocenters. The summed E-state index contributed by atoms with van der Waals surface area (Å²) in [5.74, 6) is 1.06. The van der Waals surface area contributed by atoms with Crippen molar-refractivity contribution in [3.8, 4) is 0 Å². The molecule has 1 aromatic rings. The van der Waals surface area contributed by atoms with Crippen molar-refractivity contribution in [2.75, 3.05) is 5.75 Å². The zero-order valence-electron chi connectivity index (χ0n) is 7.55. The molecule has 0 aromatic carbocycles. The maximum Gasteiger partial charge on any atom is 0.116 e. The van der Waals surface area contributed by atoms with Gasteiger partial charge >= 0.3 is 0 Å². The number of hydrogen-bond donors (Lipinski definition) is 0. The smallest absolute Gasteiger partial charge is 0.116 e. The Balaban J connectivity index is 2.13. The highest BCUT2D eigenvalue weighted by atomic mass is 32.2. The Labute approximate surface area is 86.4 Å². The van der Waals surface area contributed by atoms with Crippen molar-refractivity contribution in [2.24, 2.45) is 4.99 Å². The fourth-order valence-corrected chi connectivity index (χ4v) is 3.18. The van der Waals surface area contributed by atoms with Gasteiger partial charge in [0.1, 0.15) is 11.4 Å². The van der Waals surface area contributed by atoms with Crippen LogP contribution in [0.15, 0.2) is 34.8 Å².